The van der Waals surface area contributed by atoms with Crippen LogP contribution < -0.4 is 16.4 Å². The van der Waals surface area contributed by atoms with Crippen molar-refractivity contribution in [2.75, 3.05) is 12.3 Å². The summed E-state index contributed by atoms with van der Waals surface area (Å²) in [4.78, 5) is 22.7. The number of carbonyl (C=O) groups excluding carboxylic acids is 2. The summed E-state index contributed by atoms with van der Waals surface area (Å²) in [5.74, 6) is -2.89. The molecule has 4 N–H and O–H groups in total. The molecule has 1 aromatic rings. The van der Waals surface area contributed by atoms with Crippen molar-refractivity contribution >= 4 is 17.5 Å². The Labute approximate surface area is 108 Å². The lowest BCUT2D eigenvalue weighted by molar-refractivity contribution is -0.119. The van der Waals surface area contributed by atoms with Crippen LogP contribution in [0.25, 0.3) is 0 Å². The Hall–Kier alpha value is -2.18. The molecule has 19 heavy (non-hydrogen) atoms. The van der Waals surface area contributed by atoms with Gasteiger partial charge in [-0.25, -0.2) is 8.78 Å². The largest absolute Gasteiger partial charge is 0.398 e. The molecule has 102 valence electrons. The van der Waals surface area contributed by atoms with Gasteiger partial charge in [0.2, 0.25) is 5.91 Å². The number of amides is 2. The van der Waals surface area contributed by atoms with Crippen molar-refractivity contribution in [1.29, 1.82) is 0 Å². The molecule has 0 saturated carbocycles. The summed E-state index contributed by atoms with van der Waals surface area (Å²) in [6.07, 6.45) is 1.06. The molecule has 1 aromatic carbocycles. The van der Waals surface area contributed by atoms with Gasteiger partial charge in [0.1, 0.15) is 0 Å². The number of carbonyl (C=O) groups is 2. The molecule has 7 heteroatoms. The molecule has 1 fully saturated rings. The summed E-state index contributed by atoms with van der Waals surface area (Å²) in [6, 6.07) is 1.39. The topological polar surface area (TPSA) is 84.2 Å². The number of halogens is 2. The standard InChI is InChI=1S/C12H13F2N3O2/c13-8-3-7(10(15)4-9(8)14)12(19)16-5-6-1-2-11(18)17-6/h3-4,6H,1-2,5,15H2,(H,16,19)(H,17,18). The summed E-state index contributed by atoms with van der Waals surface area (Å²) in [7, 11) is 0. The minimum atomic E-state index is -1.13. The summed E-state index contributed by atoms with van der Waals surface area (Å²) >= 11 is 0. The second-order valence-electron chi connectivity index (χ2n) is 4.37. The number of hydrogen-bond donors (Lipinski definition) is 3. The fourth-order valence-electron chi connectivity index (χ4n) is 1.90. The van der Waals surface area contributed by atoms with Gasteiger partial charge < -0.3 is 16.4 Å². The highest BCUT2D eigenvalue weighted by atomic mass is 19.2. The number of anilines is 1. The zero-order valence-electron chi connectivity index (χ0n) is 10.0. The van der Waals surface area contributed by atoms with Gasteiger partial charge in [-0.15, -0.1) is 0 Å². The van der Waals surface area contributed by atoms with Crippen molar-refractivity contribution in [2.45, 2.75) is 18.9 Å². The predicted octanol–water partition coefficient (Wildman–Crippen LogP) is 0.555. The van der Waals surface area contributed by atoms with Crippen molar-refractivity contribution < 1.29 is 18.4 Å². The molecule has 1 unspecified atom stereocenters. The fourth-order valence-corrected chi connectivity index (χ4v) is 1.90. The molecule has 0 aromatic heterocycles. The molecule has 1 heterocycles. The van der Waals surface area contributed by atoms with Gasteiger partial charge in [0.15, 0.2) is 11.6 Å². The van der Waals surface area contributed by atoms with Crippen LogP contribution in [0, 0.1) is 11.6 Å². The van der Waals surface area contributed by atoms with Crippen molar-refractivity contribution in [3.63, 3.8) is 0 Å². The number of nitrogens with one attached hydrogen (secondary N) is 2. The summed E-state index contributed by atoms with van der Waals surface area (Å²) < 4.78 is 25.9. The Bertz CT molecular complexity index is 534. The van der Waals surface area contributed by atoms with Crippen molar-refractivity contribution in [3.8, 4) is 0 Å². The second-order valence-corrected chi connectivity index (χ2v) is 4.37. The van der Waals surface area contributed by atoms with Crippen LogP contribution in [0.5, 0.6) is 0 Å². The predicted molar refractivity (Wildman–Crippen MR) is 64.3 cm³/mol. The van der Waals surface area contributed by atoms with Crippen LogP contribution in [0.4, 0.5) is 14.5 Å². The molecule has 0 bridgehead atoms. The van der Waals surface area contributed by atoms with E-state index in [4.69, 9.17) is 5.73 Å². The quantitative estimate of drug-likeness (QED) is 0.701. The first kappa shape index (κ1) is 13.3. The van der Waals surface area contributed by atoms with Crippen molar-refractivity contribution in [2.24, 2.45) is 0 Å². The van der Waals surface area contributed by atoms with E-state index in [9.17, 15) is 18.4 Å². The Morgan fingerprint density at radius 2 is 2.11 bits per heavy atom. The maximum Gasteiger partial charge on any atom is 0.253 e. The third kappa shape index (κ3) is 2.98. The van der Waals surface area contributed by atoms with Gasteiger partial charge in [-0.1, -0.05) is 0 Å². The maximum atomic E-state index is 13.0. The monoisotopic (exact) mass is 269 g/mol. The van der Waals surface area contributed by atoms with Crippen LogP contribution in [0.3, 0.4) is 0 Å². The Morgan fingerprint density at radius 3 is 2.74 bits per heavy atom. The van der Waals surface area contributed by atoms with Crippen LogP contribution in [-0.2, 0) is 4.79 Å². The molecule has 0 spiro atoms. The van der Waals surface area contributed by atoms with Gasteiger partial charge in [0, 0.05) is 30.8 Å². The van der Waals surface area contributed by atoms with E-state index >= 15 is 0 Å². The van der Waals surface area contributed by atoms with Crippen molar-refractivity contribution in [3.05, 3.63) is 29.3 Å². The van der Waals surface area contributed by atoms with Crippen LogP contribution in [0.2, 0.25) is 0 Å². The first-order valence-electron chi connectivity index (χ1n) is 5.79. The number of benzene rings is 1. The van der Waals surface area contributed by atoms with Gasteiger partial charge in [-0.3, -0.25) is 9.59 Å². The normalized spacial score (nSPS) is 18.2. The molecule has 2 amide bonds. The average Bonchev–Trinajstić information content (AvgIpc) is 2.77. The number of nitrogen functional groups attached to an aromatic ring is 1. The van der Waals surface area contributed by atoms with E-state index in [1.807, 2.05) is 0 Å². The Balaban J connectivity index is 2.00. The third-order valence-corrected chi connectivity index (χ3v) is 2.93. The minimum absolute atomic E-state index is 0.0633. The van der Waals surface area contributed by atoms with Gasteiger partial charge >= 0.3 is 0 Å². The van der Waals surface area contributed by atoms with Crippen LogP contribution >= 0.6 is 0 Å². The molecule has 1 atom stereocenters. The summed E-state index contributed by atoms with van der Waals surface area (Å²) in [6.45, 7) is 0.225. The van der Waals surface area contributed by atoms with E-state index in [1.165, 1.54) is 0 Å². The smallest absolute Gasteiger partial charge is 0.253 e. The number of rotatable bonds is 3. The maximum absolute atomic E-state index is 13.0. The molecule has 1 aliphatic rings. The molecule has 2 rings (SSSR count). The van der Waals surface area contributed by atoms with Gasteiger partial charge in [0.25, 0.3) is 5.91 Å². The number of nitrogens with two attached hydrogens (primary N) is 1. The zero-order valence-corrected chi connectivity index (χ0v) is 10.0. The van der Waals surface area contributed by atoms with Gasteiger partial charge in [-0.2, -0.15) is 0 Å². The molecule has 0 aliphatic carbocycles. The van der Waals surface area contributed by atoms with E-state index in [0.717, 1.165) is 12.1 Å². The van der Waals surface area contributed by atoms with E-state index in [1.54, 1.807) is 0 Å². The molecular weight excluding hydrogens is 256 g/mol. The first-order valence-corrected chi connectivity index (χ1v) is 5.79. The van der Waals surface area contributed by atoms with Crippen LogP contribution in [0.1, 0.15) is 23.2 Å². The summed E-state index contributed by atoms with van der Waals surface area (Å²) in [5, 5.41) is 5.20. The van der Waals surface area contributed by atoms with E-state index in [2.05, 4.69) is 10.6 Å². The highest BCUT2D eigenvalue weighted by molar-refractivity contribution is 5.99. The Kier molecular flexibility index (Phi) is 3.64. The molecule has 1 aliphatic heterocycles. The molecular formula is C12H13F2N3O2. The molecule has 0 radical (unpaired) electrons. The lowest BCUT2D eigenvalue weighted by atomic mass is 10.1. The average molecular weight is 269 g/mol. The first-order chi connectivity index (χ1) is 8.97. The third-order valence-electron chi connectivity index (χ3n) is 2.93. The van der Waals surface area contributed by atoms with E-state index in [0.29, 0.717) is 12.8 Å². The SMILES string of the molecule is Nc1cc(F)c(F)cc1C(=O)NCC1CCC(=O)N1. The summed E-state index contributed by atoms with van der Waals surface area (Å²) in [5.41, 5.74) is 5.21. The Morgan fingerprint density at radius 1 is 1.42 bits per heavy atom. The minimum Gasteiger partial charge on any atom is -0.398 e. The van der Waals surface area contributed by atoms with Gasteiger partial charge in [0.05, 0.1) is 5.56 Å². The van der Waals surface area contributed by atoms with Crippen LogP contribution in [-0.4, -0.2) is 24.4 Å². The van der Waals surface area contributed by atoms with Crippen LogP contribution in [0.15, 0.2) is 12.1 Å². The number of hydrogen-bond acceptors (Lipinski definition) is 3. The van der Waals surface area contributed by atoms with E-state index in [-0.39, 0.29) is 29.7 Å². The zero-order chi connectivity index (χ0) is 14.0. The van der Waals surface area contributed by atoms with E-state index < -0.39 is 17.5 Å². The lowest BCUT2D eigenvalue weighted by Crippen LogP contribution is -2.38. The highest BCUT2D eigenvalue weighted by Gasteiger charge is 2.22. The lowest BCUT2D eigenvalue weighted by Gasteiger charge is -2.12. The second kappa shape index (κ2) is 5.21. The molecule has 5 nitrogen and oxygen atoms in total. The molecule has 1 saturated heterocycles. The van der Waals surface area contributed by atoms with Gasteiger partial charge in [-0.05, 0) is 12.5 Å². The highest BCUT2D eigenvalue weighted by Crippen LogP contribution is 2.17. The van der Waals surface area contributed by atoms with Crippen molar-refractivity contribution in [1.82, 2.24) is 10.6 Å². The fraction of sp³-hybridized carbons (Fsp3) is 0.333.